The maximum absolute atomic E-state index is 2.29. The average Bonchev–Trinajstić information content (AvgIpc) is 1.69. The van der Waals surface area contributed by atoms with E-state index in [0.717, 1.165) is 0 Å². The first kappa shape index (κ1) is 16.4. The molecule has 0 saturated heterocycles. The molecule has 0 amide bonds. The van der Waals surface area contributed by atoms with Crippen LogP contribution in [0.25, 0.3) is 0 Å². The van der Waals surface area contributed by atoms with Crippen LogP contribution in [0.4, 0.5) is 0 Å². The molecule has 3 heteroatoms. The van der Waals surface area contributed by atoms with Crippen LogP contribution in [0.1, 0.15) is 26.7 Å². The van der Waals surface area contributed by atoms with Gasteiger partial charge in [-0.25, -0.2) is 0 Å². The summed E-state index contributed by atoms with van der Waals surface area (Å²) in [5.74, 6) is 0. The molecule has 0 saturated carbocycles. The molecule has 0 aromatic heterocycles. The van der Waals surface area contributed by atoms with Gasteiger partial charge in [-0.3, -0.25) is 0 Å². The fraction of sp³-hybridized carbons (Fsp3) is 1.00. The van der Waals surface area contributed by atoms with Crippen molar-refractivity contribution in [2.75, 3.05) is 0 Å². The van der Waals surface area contributed by atoms with Crippen LogP contribution in [0.3, 0.4) is 0 Å². The normalized spacial score (nSPS) is 6.44. The maximum Gasteiger partial charge on any atom is -0.870 e. The number of rotatable bonds is 4. The van der Waals surface area contributed by atoms with E-state index in [0.29, 0.717) is 0 Å². The van der Waals surface area contributed by atoms with Crippen LogP contribution in [0.5, 0.6) is 0 Å². The predicted molar refractivity (Wildman–Crippen MR) is 34.1 cm³/mol. The minimum atomic E-state index is 0. The van der Waals surface area contributed by atoms with Gasteiger partial charge in [-0.2, -0.15) is 0 Å². The summed E-state index contributed by atoms with van der Waals surface area (Å²) in [6, 6.07) is 0. The molecule has 0 radical (unpaired) electrons. The Balaban J connectivity index is -0.000000180. The molecular weight excluding hydrogens is 283 g/mol. The van der Waals surface area contributed by atoms with E-state index in [4.69, 9.17) is 0 Å². The van der Waals surface area contributed by atoms with Gasteiger partial charge in [0.2, 0.25) is 0 Å². The molecule has 0 heterocycles. The molecule has 0 spiro atoms. The second kappa shape index (κ2) is 15.9. The van der Waals surface area contributed by atoms with E-state index < -0.39 is 0 Å². The zero-order chi connectivity index (χ0) is 5.54. The fourth-order valence-electron chi connectivity index (χ4n) is 0.479. The number of hydrogen-bond donors (Lipinski definition) is 0. The van der Waals surface area contributed by atoms with Crippen molar-refractivity contribution in [2.45, 2.75) is 35.0 Å². The van der Waals surface area contributed by atoms with Crippen molar-refractivity contribution >= 4 is 0 Å². The van der Waals surface area contributed by atoms with Crippen molar-refractivity contribution in [1.82, 2.24) is 0 Å². The fourth-order valence-corrected chi connectivity index (χ4v) is 3.92. The monoisotopic (exact) mass is 300 g/mol. The SMILES string of the molecule is CC[CH2][Hf+2][CH2]CC.[OH-].[OH-]. The van der Waals surface area contributed by atoms with Gasteiger partial charge in [0, 0.05) is 0 Å². The van der Waals surface area contributed by atoms with Gasteiger partial charge in [0.25, 0.3) is 0 Å². The molecule has 0 aliphatic rings. The summed E-state index contributed by atoms with van der Waals surface area (Å²) in [7, 11) is 0. The minimum Gasteiger partial charge on any atom is -0.870 e. The molecule has 0 unspecified atom stereocenters. The van der Waals surface area contributed by atoms with E-state index in [1.54, 1.807) is 8.35 Å². The van der Waals surface area contributed by atoms with E-state index in [-0.39, 0.29) is 33.9 Å². The molecule has 0 aliphatic carbocycles. The van der Waals surface area contributed by atoms with Crippen molar-refractivity contribution in [3.8, 4) is 0 Å². The summed E-state index contributed by atoms with van der Waals surface area (Å²) in [4.78, 5) is 0. The molecule has 0 atom stereocenters. The molecule has 0 aromatic carbocycles. The molecule has 9 heavy (non-hydrogen) atoms. The standard InChI is InChI=1S/2C3H7.Hf.2H2O/c2*1-3-2;;;/h2*1,3H2,2H3;;2*1H2/q;;+2;;/p-2. The Morgan fingerprint density at radius 3 is 1.44 bits per heavy atom. The molecule has 0 bridgehead atoms. The third-order valence-electron chi connectivity index (χ3n) is 0.854. The Kier molecular flexibility index (Phi) is 29.0. The first-order valence-electron chi connectivity index (χ1n) is 3.12. The van der Waals surface area contributed by atoms with Crippen LogP contribution in [0.15, 0.2) is 0 Å². The van der Waals surface area contributed by atoms with Crippen LogP contribution >= 0.6 is 0 Å². The van der Waals surface area contributed by atoms with E-state index in [2.05, 4.69) is 13.8 Å². The summed E-state index contributed by atoms with van der Waals surface area (Å²) >= 11 is 0.000772. The van der Waals surface area contributed by atoms with Gasteiger partial charge in [-0.1, -0.05) is 0 Å². The Morgan fingerprint density at radius 2 is 1.22 bits per heavy atom. The van der Waals surface area contributed by atoms with Crippen LogP contribution in [0, 0.1) is 0 Å². The largest absolute Gasteiger partial charge is 0.870 e. The van der Waals surface area contributed by atoms with E-state index in [1.165, 1.54) is 12.8 Å². The maximum atomic E-state index is 2.29. The van der Waals surface area contributed by atoms with Gasteiger partial charge < -0.3 is 11.0 Å². The molecular formula is C6H16HfO2. The Bertz CT molecular complexity index is 30.2. The molecule has 2 nitrogen and oxygen atoms in total. The minimum absolute atomic E-state index is 0. The summed E-state index contributed by atoms with van der Waals surface area (Å²) < 4.78 is 3.24. The Hall–Kier alpha value is 0.790. The smallest absolute Gasteiger partial charge is 0.870 e. The number of hydrogen-bond acceptors (Lipinski definition) is 2. The van der Waals surface area contributed by atoms with Gasteiger partial charge in [0.15, 0.2) is 0 Å². The van der Waals surface area contributed by atoms with Gasteiger partial charge in [0.05, 0.1) is 0 Å². The third-order valence-corrected chi connectivity index (χ3v) is 6.99. The molecule has 0 aliphatic heterocycles. The first-order chi connectivity index (χ1) is 3.41. The van der Waals surface area contributed by atoms with Crippen LogP contribution < -0.4 is 0 Å². The average molecular weight is 299 g/mol. The zero-order valence-corrected chi connectivity index (χ0v) is 9.82. The predicted octanol–water partition coefficient (Wildman–Crippen LogP) is 2.37. The van der Waals surface area contributed by atoms with Gasteiger partial charge in [0.1, 0.15) is 0 Å². The summed E-state index contributed by atoms with van der Waals surface area (Å²) in [6.45, 7) is 4.59. The topological polar surface area (TPSA) is 60.0 Å². The summed E-state index contributed by atoms with van der Waals surface area (Å²) in [5.41, 5.74) is 0. The van der Waals surface area contributed by atoms with Crippen LogP contribution in [0.2, 0.25) is 8.35 Å². The summed E-state index contributed by atoms with van der Waals surface area (Å²) in [6.07, 6.45) is 2.90. The quantitative estimate of drug-likeness (QED) is 0.591. The zero-order valence-electron chi connectivity index (χ0n) is 6.22. The van der Waals surface area contributed by atoms with Crippen LogP contribution in [-0.4, -0.2) is 11.0 Å². The second-order valence-electron chi connectivity index (χ2n) is 1.75. The Labute approximate surface area is 69.0 Å². The second-order valence-corrected chi connectivity index (χ2v) is 7.14. The Morgan fingerprint density at radius 1 is 0.889 bits per heavy atom. The van der Waals surface area contributed by atoms with Crippen LogP contribution in [-0.2, 0) is 22.9 Å². The van der Waals surface area contributed by atoms with Crippen molar-refractivity contribution in [3.63, 3.8) is 0 Å². The van der Waals surface area contributed by atoms with Crippen molar-refractivity contribution in [1.29, 1.82) is 0 Å². The molecule has 56 valence electrons. The molecule has 0 rings (SSSR count). The van der Waals surface area contributed by atoms with E-state index in [1.807, 2.05) is 0 Å². The molecule has 0 fully saturated rings. The van der Waals surface area contributed by atoms with Crippen molar-refractivity contribution in [3.05, 3.63) is 0 Å². The van der Waals surface area contributed by atoms with Crippen molar-refractivity contribution < 1.29 is 33.9 Å². The van der Waals surface area contributed by atoms with E-state index >= 15 is 0 Å². The molecule has 2 N–H and O–H groups in total. The van der Waals surface area contributed by atoms with Crippen molar-refractivity contribution in [2.24, 2.45) is 0 Å². The third kappa shape index (κ3) is 17.7. The summed E-state index contributed by atoms with van der Waals surface area (Å²) in [5, 5.41) is 0. The van der Waals surface area contributed by atoms with Gasteiger partial charge >= 0.3 is 58.0 Å². The van der Waals surface area contributed by atoms with Gasteiger partial charge in [-0.05, 0) is 0 Å². The van der Waals surface area contributed by atoms with Gasteiger partial charge in [-0.15, -0.1) is 0 Å². The van der Waals surface area contributed by atoms with E-state index in [9.17, 15) is 0 Å². The first-order valence-corrected chi connectivity index (χ1v) is 8.20. The molecule has 0 aromatic rings.